The lowest BCUT2D eigenvalue weighted by atomic mass is 9.95. The first-order valence-corrected chi connectivity index (χ1v) is 10.7. The fourth-order valence-electron chi connectivity index (χ4n) is 3.77. The third-order valence-corrected chi connectivity index (χ3v) is 5.49. The van der Waals surface area contributed by atoms with Gasteiger partial charge in [-0.2, -0.15) is 0 Å². The van der Waals surface area contributed by atoms with E-state index in [1.54, 1.807) is 0 Å². The van der Waals surface area contributed by atoms with E-state index in [4.69, 9.17) is 4.74 Å². The Kier molecular flexibility index (Phi) is 6.04. The number of ether oxygens (including phenoxy) is 1. The largest absolute Gasteiger partial charge is 0.494 e. The first-order valence-electron chi connectivity index (χ1n) is 10.7. The van der Waals surface area contributed by atoms with Crippen molar-refractivity contribution in [1.82, 2.24) is 0 Å². The van der Waals surface area contributed by atoms with Crippen LogP contribution < -0.4 is 9.64 Å². The van der Waals surface area contributed by atoms with E-state index in [0.717, 1.165) is 25.2 Å². The van der Waals surface area contributed by atoms with Gasteiger partial charge in [0.05, 0.1) is 6.61 Å². The Morgan fingerprint density at radius 3 is 2.33 bits per heavy atom. The maximum Gasteiger partial charge on any atom is 0.119 e. The van der Waals surface area contributed by atoms with Crippen molar-refractivity contribution < 1.29 is 4.74 Å². The van der Waals surface area contributed by atoms with Gasteiger partial charge in [-0.15, -0.1) is 0 Å². The van der Waals surface area contributed by atoms with E-state index in [9.17, 15) is 0 Å². The molecular weight excluding hydrogens is 366 g/mol. The van der Waals surface area contributed by atoms with E-state index in [2.05, 4.69) is 105 Å². The van der Waals surface area contributed by atoms with E-state index in [1.165, 1.54) is 38.7 Å². The number of hydrogen-bond donors (Lipinski definition) is 0. The normalized spacial score (nSPS) is 10.9. The summed E-state index contributed by atoms with van der Waals surface area (Å²) in [7, 11) is 4.15. The van der Waals surface area contributed by atoms with Crippen LogP contribution in [0.5, 0.6) is 5.75 Å². The zero-order chi connectivity index (χ0) is 20.9. The summed E-state index contributed by atoms with van der Waals surface area (Å²) in [4.78, 5) is 2.14. The molecule has 0 aliphatic rings. The van der Waals surface area contributed by atoms with Gasteiger partial charge in [-0.1, -0.05) is 67.9 Å². The van der Waals surface area contributed by atoms with Gasteiger partial charge in [0.1, 0.15) is 5.75 Å². The predicted molar refractivity (Wildman–Crippen MR) is 130 cm³/mol. The van der Waals surface area contributed by atoms with Crippen LogP contribution in [-0.4, -0.2) is 20.7 Å². The van der Waals surface area contributed by atoms with Crippen LogP contribution in [0.1, 0.15) is 19.8 Å². The molecule has 0 heterocycles. The molecule has 0 aromatic heterocycles. The van der Waals surface area contributed by atoms with Gasteiger partial charge in [-0.3, -0.25) is 0 Å². The minimum atomic E-state index is 0.769. The maximum absolute atomic E-state index is 5.92. The summed E-state index contributed by atoms with van der Waals surface area (Å²) in [5.74, 6) is 0.940. The molecule has 0 aliphatic heterocycles. The number of hydrogen-bond acceptors (Lipinski definition) is 2. The summed E-state index contributed by atoms with van der Waals surface area (Å²) in [6.07, 6.45) is 2.22. The van der Waals surface area contributed by atoms with Crippen LogP contribution in [0.3, 0.4) is 0 Å². The molecule has 0 atom stereocenters. The van der Waals surface area contributed by atoms with E-state index in [1.807, 2.05) is 6.07 Å². The quantitative estimate of drug-likeness (QED) is 0.302. The summed E-state index contributed by atoms with van der Waals surface area (Å²) < 4.78 is 5.92. The molecule has 0 aliphatic carbocycles. The number of anilines is 1. The zero-order valence-electron chi connectivity index (χ0n) is 18.1. The molecule has 0 amide bonds. The molecule has 0 fully saturated rings. The average molecular weight is 396 g/mol. The molecule has 0 bridgehead atoms. The van der Waals surface area contributed by atoms with E-state index < -0.39 is 0 Å². The summed E-state index contributed by atoms with van der Waals surface area (Å²) in [5, 5.41) is 2.51. The first-order chi connectivity index (χ1) is 14.7. The van der Waals surface area contributed by atoms with Crippen LogP contribution in [0.25, 0.3) is 33.0 Å². The van der Waals surface area contributed by atoms with Crippen molar-refractivity contribution in [2.45, 2.75) is 19.8 Å². The monoisotopic (exact) mass is 395 g/mol. The molecule has 2 heteroatoms. The summed E-state index contributed by atoms with van der Waals surface area (Å²) >= 11 is 0. The molecule has 4 aromatic rings. The number of fused-ring (bicyclic) bond motifs is 1. The van der Waals surface area contributed by atoms with Crippen LogP contribution >= 0.6 is 0 Å². The maximum atomic E-state index is 5.92. The molecule has 152 valence electrons. The zero-order valence-corrected chi connectivity index (χ0v) is 18.1. The number of unbranched alkanes of at least 4 members (excludes halogenated alkanes) is 1. The highest BCUT2D eigenvalue weighted by Gasteiger charge is 2.08. The highest BCUT2D eigenvalue weighted by molar-refractivity contribution is 5.98. The minimum absolute atomic E-state index is 0.769. The Morgan fingerprint density at radius 2 is 1.50 bits per heavy atom. The topological polar surface area (TPSA) is 12.5 Å². The second-order valence-corrected chi connectivity index (χ2v) is 7.92. The van der Waals surface area contributed by atoms with Gasteiger partial charge in [0.2, 0.25) is 0 Å². The Morgan fingerprint density at radius 1 is 0.733 bits per heavy atom. The van der Waals surface area contributed by atoms with Crippen molar-refractivity contribution in [3.05, 3.63) is 84.9 Å². The number of nitrogens with zero attached hydrogens (tertiary/aromatic N) is 1. The lowest BCUT2D eigenvalue weighted by Crippen LogP contribution is -2.08. The van der Waals surface area contributed by atoms with Crippen LogP contribution in [0.15, 0.2) is 84.9 Å². The molecule has 0 N–H and O–H groups in total. The lowest BCUT2D eigenvalue weighted by Gasteiger charge is -2.14. The average Bonchev–Trinajstić information content (AvgIpc) is 2.79. The molecule has 2 nitrogen and oxygen atoms in total. The standard InChI is InChI=1S/C28H29NO/c1-4-5-17-30-26-13-7-10-24(20-26)27-14-8-11-23-18-22(15-16-28(23)27)21-9-6-12-25(19-21)29(2)3/h6-16,18-20H,4-5,17H2,1-3H3. The van der Waals surface area contributed by atoms with E-state index in [0.29, 0.717) is 0 Å². The summed E-state index contributed by atoms with van der Waals surface area (Å²) in [5.41, 5.74) is 6.11. The van der Waals surface area contributed by atoms with Gasteiger partial charge < -0.3 is 9.64 Å². The molecular formula is C28H29NO. The van der Waals surface area contributed by atoms with Gasteiger partial charge in [0, 0.05) is 19.8 Å². The number of benzene rings is 4. The van der Waals surface area contributed by atoms with Crippen LogP contribution in [0, 0.1) is 0 Å². The van der Waals surface area contributed by atoms with Crippen molar-refractivity contribution in [3.63, 3.8) is 0 Å². The lowest BCUT2D eigenvalue weighted by molar-refractivity contribution is 0.309. The van der Waals surface area contributed by atoms with Crippen LogP contribution in [0.2, 0.25) is 0 Å². The summed E-state index contributed by atoms with van der Waals surface area (Å²) in [6.45, 7) is 2.95. The fraction of sp³-hybridized carbons (Fsp3) is 0.214. The van der Waals surface area contributed by atoms with Gasteiger partial charge in [-0.05, 0) is 69.8 Å². The Bertz CT molecular complexity index is 1150. The van der Waals surface area contributed by atoms with Crippen molar-refractivity contribution >= 4 is 16.5 Å². The highest BCUT2D eigenvalue weighted by Crippen LogP contribution is 2.34. The van der Waals surface area contributed by atoms with E-state index >= 15 is 0 Å². The molecule has 0 saturated heterocycles. The molecule has 4 aromatic carbocycles. The van der Waals surface area contributed by atoms with Crippen molar-refractivity contribution in [2.75, 3.05) is 25.6 Å². The molecule has 0 saturated carbocycles. The molecule has 0 unspecified atom stereocenters. The molecule has 0 radical (unpaired) electrons. The molecule has 0 spiro atoms. The Hall–Kier alpha value is -3.26. The first kappa shape index (κ1) is 20.0. The fourth-order valence-corrected chi connectivity index (χ4v) is 3.77. The van der Waals surface area contributed by atoms with Gasteiger partial charge in [0.25, 0.3) is 0 Å². The molecule has 4 rings (SSSR count). The van der Waals surface area contributed by atoms with Gasteiger partial charge in [-0.25, -0.2) is 0 Å². The Labute approximate surface area is 179 Å². The third-order valence-electron chi connectivity index (χ3n) is 5.49. The molecule has 30 heavy (non-hydrogen) atoms. The van der Waals surface area contributed by atoms with Crippen molar-refractivity contribution in [2.24, 2.45) is 0 Å². The van der Waals surface area contributed by atoms with Crippen molar-refractivity contribution in [3.8, 4) is 28.0 Å². The third kappa shape index (κ3) is 4.33. The summed E-state index contributed by atoms with van der Waals surface area (Å²) in [6, 6.07) is 30.4. The van der Waals surface area contributed by atoms with Crippen molar-refractivity contribution in [1.29, 1.82) is 0 Å². The SMILES string of the molecule is CCCCOc1cccc(-c2cccc3cc(-c4cccc(N(C)C)c4)ccc23)c1. The van der Waals surface area contributed by atoms with Crippen LogP contribution in [0.4, 0.5) is 5.69 Å². The van der Waals surface area contributed by atoms with E-state index in [-0.39, 0.29) is 0 Å². The predicted octanol–water partition coefficient (Wildman–Crippen LogP) is 7.42. The second-order valence-electron chi connectivity index (χ2n) is 7.92. The minimum Gasteiger partial charge on any atom is -0.494 e. The second kappa shape index (κ2) is 9.04. The smallest absolute Gasteiger partial charge is 0.119 e. The van der Waals surface area contributed by atoms with Crippen LogP contribution in [-0.2, 0) is 0 Å². The Balaban J connectivity index is 1.70. The number of rotatable bonds is 7. The van der Waals surface area contributed by atoms with Gasteiger partial charge >= 0.3 is 0 Å². The van der Waals surface area contributed by atoms with Gasteiger partial charge in [0.15, 0.2) is 0 Å². The highest BCUT2D eigenvalue weighted by atomic mass is 16.5.